The molecule has 1 aliphatic heterocycles. The molecule has 0 radical (unpaired) electrons. The molecule has 1 fully saturated rings. The normalized spacial score (nSPS) is 20.5. The third-order valence-electron chi connectivity index (χ3n) is 3.79. The summed E-state index contributed by atoms with van der Waals surface area (Å²) in [6.07, 6.45) is 6.00. The van der Waals surface area contributed by atoms with Crippen LogP contribution in [0.25, 0.3) is 0 Å². The lowest BCUT2D eigenvalue weighted by molar-refractivity contribution is 0.198. The summed E-state index contributed by atoms with van der Waals surface area (Å²) < 4.78 is 0. The first-order valence-electron chi connectivity index (χ1n) is 6.74. The molecule has 3 N–H and O–H groups in total. The Morgan fingerprint density at radius 3 is 3.11 bits per heavy atom. The lowest BCUT2D eigenvalue weighted by Gasteiger charge is -2.32. The number of piperidine rings is 1. The van der Waals surface area contributed by atoms with Crippen molar-refractivity contribution in [3.8, 4) is 0 Å². The largest absolute Gasteiger partial charge is 0.383 e. The molecule has 3 heterocycles. The first-order valence-corrected chi connectivity index (χ1v) is 6.74. The van der Waals surface area contributed by atoms with E-state index in [1.165, 1.54) is 18.5 Å². The molecule has 0 spiro atoms. The van der Waals surface area contributed by atoms with Crippen LogP contribution < -0.4 is 5.73 Å². The third-order valence-corrected chi connectivity index (χ3v) is 3.79. The van der Waals surface area contributed by atoms with Gasteiger partial charge in [0.15, 0.2) is 0 Å². The number of hydrogen-bond donors (Lipinski definition) is 2. The molecular weight excluding hydrogens is 238 g/mol. The first-order chi connectivity index (χ1) is 9.33. The number of anilines is 1. The van der Waals surface area contributed by atoms with Gasteiger partial charge in [-0.3, -0.25) is 10.00 Å². The molecule has 2 aromatic heterocycles. The van der Waals surface area contributed by atoms with Crippen molar-refractivity contribution in [1.29, 1.82) is 0 Å². The van der Waals surface area contributed by atoms with Gasteiger partial charge in [0.05, 0.1) is 0 Å². The minimum Gasteiger partial charge on any atom is -0.383 e. The van der Waals surface area contributed by atoms with E-state index >= 15 is 0 Å². The smallest absolute Gasteiger partial charge is 0.127 e. The molecule has 1 aliphatic rings. The zero-order chi connectivity index (χ0) is 13.1. The van der Waals surface area contributed by atoms with E-state index < -0.39 is 0 Å². The lowest BCUT2D eigenvalue weighted by atomic mass is 9.94. The van der Waals surface area contributed by atoms with Crippen LogP contribution in [-0.2, 0) is 6.54 Å². The number of nitrogens with one attached hydrogen (secondary N) is 1. The van der Waals surface area contributed by atoms with Crippen LogP contribution in [0.15, 0.2) is 30.6 Å². The lowest BCUT2D eigenvalue weighted by Crippen LogP contribution is -2.34. The number of aromatic amines is 1. The van der Waals surface area contributed by atoms with Gasteiger partial charge in [0.2, 0.25) is 0 Å². The van der Waals surface area contributed by atoms with Gasteiger partial charge in [-0.05, 0) is 31.5 Å². The standard InChI is InChI=1S/C14H19N5/c15-14-12(3-1-6-16-14)10-19-8-2-4-11(9-19)13-5-7-17-18-13/h1,3,5-7,11H,2,4,8-10H2,(H2,15,16)(H,17,18)/t11-/m0/s1. The number of hydrogen-bond acceptors (Lipinski definition) is 4. The van der Waals surface area contributed by atoms with Crippen molar-refractivity contribution in [2.24, 2.45) is 0 Å². The average Bonchev–Trinajstić information content (AvgIpc) is 2.96. The maximum Gasteiger partial charge on any atom is 0.127 e. The maximum absolute atomic E-state index is 5.91. The van der Waals surface area contributed by atoms with Crippen molar-refractivity contribution in [3.63, 3.8) is 0 Å². The van der Waals surface area contributed by atoms with Gasteiger partial charge in [-0.1, -0.05) is 6.07 Å². The fourth-order valence-electron chi connectivity index (χ4n) is 2.77. The quantitative estimate of drug-likeness (QED) is 0.879. The number of rotatable bonds is 3. The van der Waals surface area contributed by atoms with Crippen molar-refractivity contribution in [2.45, 2.75) is 25.3 Å². The molecule has 1 atom stereocenters. The van der Waals surface area contributed by atoms with E-state index in [1.807, 2.05) is 12.3 Å². The molecule has 1 saturated heterocycles. The summed E-state index contributed by atoms with van der Waals surface area (Å²) >= 11 is 0. The summed E-state index contributed by atoms with van der Waals surface area (Å²) in [7, 11) is 0. The Hall–Kier alpha value is -1.88. The second-order valence-electron chi connectivity index (χ2n) is 5.13. The van der Waals surface area contributed by atoms with Gasteiger partial charge >= 0.3 is 0 Å². The summed E-state index contributed by atoms with van der Waals surface area (Å²) in [5.41, 5.74) is 8.27. The van der Waals surface area contributed by atoms with Crippen LogP contribution in [0, 0.1) is 0 Å². The summed E-state index contributed by atoms with van der Waals surface area (Å²) in [6, 6.07) is 6.08. The Morgan fingerprint density at radius 1 is 1.37 bits per heavy atom. The Balaban J connectivity index is 1.67. The number of pyridine rings is 1. The van der Waals surface area contributed by atoms with E-state index in [9.17, 15) is 0 Å². The van der Waals surface area contributed by atoms with Crippen LogP contribution in [0.4, 0.5) is 5.82 Å². The molecule has 5 nitrogen and oxygen atoms in total. The Labute approximate surface area is 112 Å². The Kier molecular flexibility index (Phi) is 3.46. The number of H-pyrrole nitrogens is 1. The van der Waals surface area contributed by atoms with Crippen LogP contribution in [-0.4, -0.2) is 33.2 Å². The van der Waals surface area contributed by atoms with E-state index in [0.29, 0.717) is 11.7 Å². The molecule has 5 heteroatoms. The van der Waals surface area contributed by atoms with Crippen LogP contribution >= 0.6 is 0 Å². The van der Waals surface area contributed by atoms with E-state index in [0.717, 1.165) is 25.2 Å². The zero-order valence-electron chi connectivity index (χ0n) is 10.9. The summed E-state index contributed by atoms with van der Waals surface area (Å²) in [4.78, 5) is 6.60. The fraction of sp³-hybridized carbons (Fsp3) is 0.429. The van der Waals surface area contributed by atoms with Gasteiger partial charge in [0.1, 0.15) is 5.82 Å². The Morgan fingerprint density at radius 2 is 2.32 bits per heavy atom. The number of nitrogens with two attached hydrogens (primary N) is 1. The van der Waals surface area contributed by atoms with Gasteiger partial charge in [0.25, 0.3) is 0 Å². The fourth-order valence-corrected chi connectivity index (χ4v) is 2.77. The molecule has 0 unspecified atom stereocenters. The zero-order valence-corrected chi connectivity index (χ0v) is 10.9. The highest BCUT2D eigenvalue weighted by Crippen LogP contribution is 2.26. The van der Waals surface area contributed by atoms with Crippen LogP contribution in [0.2, 0.25) is 0 Å². The molecule has 3 rings (SSSR count). The van der Waals surface area contributed by atoms with Gasteiger partial charge in [0, 0.05) is 42.7 Å². The van der Waals surface area contributed by atoms with Gasteiger partial charge in [-0.15, -0.1) is 0 Å². The second-order valence-corrected chi connectivity index (χ2v) is 5.13. The van der Waals surface area contributed by atoms with Crippen LogP contribution in [0.3, 0.4) is 0 Å². The van der Waals surface area contributed by atoms with Gasteiger partial charge < -0.3 is 5.73 Å². The van der Waals surface area contributed by atoms with E-state index in [2.05, 4.69) is 32.2 Å². The minimum absolute atomic E-state index is 0.550. The van der Waals surface area contributed by atoms with Crippen molar-refractivity contribution in [1.82, 2.24) is 20.1 Å². The summed E-state index contributed by atoms with van der Waals surface area (Å²) in [5, 5.41) is 7.14. The molecule has 0 aromatic carbocycles. The average molecular weight is 257 g/mol. The minimum atomic E-state index is 0.550. The summed E-state index contributed by atoms with van der Waals surface area (Å²) in [5.74, 6) is 1.19. The van der Waals surface area contributed by atoms with Gasteiger partial charge in [-0.2, -0.15) is 5.10 Å². The number of likely N-dealkylation sites (tertiary alicyclic amines) is 1. The molecule has 0 amide bonds. The van der Waals surface area contributed by atoms with E-state index in [4.69, 9.17) is 5.73 Å². The molecule has 100 valence electrons. The molecule has 0 aliphatic carbocycles. The molecule has 2 aromatic rings. The number of aromatic nitrogens is 3. The molecule has 19 heavy (non-hydrogen) atoms. The molecule has 0 bridgehead atoms. The first kappa shape index (κ1) is 12.2. The maximum atomic E-state index is 5.91. The van der Waals surface area contributed by atoms with Crippen LogP contribution in [0.1, 0.15) is 30.0 Å². The van der Waals surface area contributed by atoms with Crippen molar-refractivity contribution in [2.75, 3.05) is 18.8 Å². The Bertz CT molecular complexity index is 522. The van der Waals surface area contributed by atoms with Crippen molar-refractivity contribution < 1.29 is 0 Å². The third kappa shape index (κ3) is 2.76. The number of nitrogens with zero attached hydrogens (tertiary/aromatic N) is 3. The predicted octanol–water partition coefficient (Wildman–Crippen LogP) is 1.77. The van der Waals surface area contributed by atoms with Crippen molar-refractivity contribution in [3.05, 3.63) is 41.9 Å². The van der Waals surface area contributed by atoms with Crippen LogP contribution in [0.5, 0.6) is 0 Å². The second kappa shape index (κ2) is 5.40. The predicted molar refractivity (Wildman–Crippen MR) is 74.5 cm³/mol. The highest BCUT2D eigenvalue weighted by molar-refractivity contribution is 5.38. The monoisotopic (exact) mass is 257 g/mol. The number of nitrogen functional groups attached to an aromatic ring is 1. The highest BCUT2D eigenvalue weighted by atomic mass is 15.1. The van der Waals surface area contributed by atoms with E-state index in [-0.39, 0.29) is 0 Å². The van der Waals surface area contributed by atoms with E-state index in [1.54, 1.807) is 6.20 Å². The van der Waals surface area contributed by atoms with Gasteiger partial charge in [-0.25, -0.2) is 4.98 Å². The molecular formula is C14H19N5. The molecule has 0 saturated carbocycles. The summed E-state index contributed by atoms with van der Waals surface area (Å²) in [6.45, 7) is 3.06. The highest BCUT2D eigenvalue weighted by Gasteiger charge is 2.22. The van der Waals surface area contributed by atoms with Crippen molar-refractivity contribution >= 4 is 5.82 Å². The SMILES string of the molecule is Nc1ncccc1CN1CCC[C@H](c2ccn[nH]2)C1. The topological polar surface area (TPSA) is 70.8 Å².